The average Bonchev–Trinajstić information content (AvgIpc) is 2.54. The first-order chi connectivity index (χ1) is 11.4. The predicted octanol–water partition coefficient (Wildman–Crippen LogP) is 3.30. The van der Waals surface area contributed by atoms with Gasteiger partial charge in [-0.2, -0.15) is 0 Å². The molecular formula is C16H13IN2O5. The van der Waals surface area contributed by atoms with Gasteiger partial charge in [-0.25, -0.2) is 4.79 Å². The van der Waals surface area contributed by atoms with Gasteiger partial charge in [-0.3, -0.25) is 14.9 Å². The van der Waals surface area contributed by atoms with Gasteiger partial charge in [-0.15, -0.1) is 0 Å². The number of carbonyl (C=O) groups is 2. The summed E-state index contributed by atoms with van der Waals surface area (Å²) in [5.41, 5.74) is 1.05. The van der Waals surface area contributed by atoms with E-state index in [0.29, 0.717) is 11.3 Å². The van der Waals surface area contributed by atoms with Gasteiger partial charge in [-0.1, -0.05) is 12.1 Å². The number of para-hydroxylation sites is 1. The Morgan fingerprint density at radius 1 is 1.25 bits per heavy atom. The van der Waals surface area contributed by atoms with Crippen molar-refractivity contribution in [1.29, 1.82) is 0 Å². The number of nitrogens with one attached hydrogen (secondary N) is 1. The maximum Gasteiger partial charge on any atom is 0.338 e. The SMILES string of the molecule is Cc1cc(C(=O)OCC(=O)Nc2ccccc2I)ccc1[N+](=O)[O-]. The molecule has 1 amide bonds. The van der Waals surface area contributed by atoms with Crippen molar-refractivity contribution in [2.24, 2.45) is 0 Å². The zero-order valence-electron chi connectivity index (χ0n) is 12.6. The number of benzene rings is 2. The van der Waals surface area contributed by atoms with Gasteiger partial charge < -0.3 is 10.1 Å². The minimum atomic E-state index is -0.717. The molecule has 2 rings (SSSR count). The molecule has 0 atom stereocenters. The highest BCUT2D eigenvalue weighted by atomic mass is 127. The fraction of sp³-hybridized carbons (Fsp3) is 0.125. The number of anilines is 1. The molecule has 0 saturated carbocycles. The quantitative estimate of drug-likeness (QED) is 0.333. The molecule has 7 nitrogen and oxygen atoms in total. The van der Waals surface area contributed by atoms with Gasteiger partial charge in [0.2, 0.25) is 0 Å². The highest BCUT2D eigenvalue weighted by Crippen LogP contribution is 2.19. The summed E-state index contributed by atoms with van der Waals surface area (Å²) < 4.78 is 5.80. The van der Waals surface area contributed by atoms with Gasteiger partial charge in [0.15, 0.2) is 6.61 Å². The minimum absolute atomic E-state index is 0.0806. The van der Waals surface area contributed by atoms with Gasteiger partial charge in [0.1, 0.15) is 0 Å². The maximum absolute atomic E-state index is 11.9. The van der Waals surface area contributed by atoms with Crippen molar-refractivity contribution in [3.63, 3.8) is 0 Å². The van der Waals surface area contributed by atoms with Crippen molar-refractivity contribution < 1.29 is 19.2 Å². The van der Waals surface area contributed by atoms with E-state index in [4.69, 9.17) is 4.74 Å². The van der Waals surface area contributed by atoms with Crippen molar-refractivity contribution >= 4 is 45.8 Å². The summed E-state index contributed by atoms with van der Waals surface area (Å²) in [6.45, 7) is 1.08. The Bertz CT molecular complexity index is 807. The van der Waals surface area contributed by atoms with E-state index < -0.39 is 23.4 Å². The minimum Gasteiger partial charge on any atom is -0.452 e. The number of halogens is 1. The van der Waals surface area contributed by atoms with E-state index in [2.05, 4.69) is 27.9 Å². The van der Waals surface area contributed by atoms with Crippen LogP contribution in [-0.2, 0) is 9.53 Å². The van der Waals surface area contributed by atoms with Gasteiger partial charge in [-0.05, 0) is 53.8 Å². The van der Waals surface area contributed by atoms with Gasteiger partial charge in [0.25, 0.3) is 11.6 Å². The van der Waals surface area contributed by atoms with Crippen LogP contribution in [0.2, 0.25) is 0 Å². The molecule has 0 aliphatic carbocycles. The predicted molar refractivity (Wildman–Crippen MR) is 95.9 cm³/mol. The molecule has 8 heteroatoms. The Morgan fingerprint density at radius 2 is 1.96 bits per heavy atom. The maximum atomic E-state index is 11.9. The zero-order chi connectivity index (χ0) is 17.7. The summed E-state index contributed by atoms with van der Waals surface area (Å²) in [5, 5.41) is 13.4. The summed E-state index contributed by atoms with van der Waals surface area (Å²) in [7, 11) is 0. The monoisotopic (exact) mass is 440 g/mol. The smallest absolute Gasteiger partial charge is 0.338 e. The van der Waals surface area contributed by atoms with Crippen LogP contribution in [0.3, 0.4) is 0 Å². The summed E-state index contributed by atoms with van der Waals surface area (Å²) in [4.78, 5) is 34.0. The van der Waals surface area contributed by atoms with E-state index in [-0.39, 0.29) is 11.3 Å². The van der Waals surface area contributed by atoms with E-state index in [9.17, 15) is 19.7 Å². The number of carbonyl (C=O) groups excluding carboxylic acids is 2. The van der Waals surface area contributed by atoms with E-state index >= 15 is 0 Å². The van der Waals surface area contributed by atoms with Crippen LogP contribution in [0.15, 0.2) is 42.5 Å². The number of nitrogens with zero attached hydrogens (tertiary/aromatic N) is 1. The van der Waals surface area contributed by atoms with E-state index in [1.165, 1.54) is 25.1 Å². The van der Waals surface area contributed by atoms with Crippen LogP contribution < -0.4 is 5.32 Å². The van der Waals surface area contributed by atoms with Crippen LogP contribution in [-0.4, -0.2) is 23.4 Å². The van der Waals surface area contributed by atoms with Gasteiger partial charge >= 0.3 is 5.97 Å². The lowest BCUT2D eigenvalue weighted by Crippen LogP contribution is -2.21. The first-order valence-corrected chi connectivity index (χ1v) is 7.93. The third-order valence-corrected chi connectivity index (χ3v) is 4.05. The van der Waals surface area contributed by atoms with Crippen molar-refractivity contribution in [3.8, 4) is 0 Å². The van der Waals surface area contributed by atoms with E-state index in [1.807, 2.05) is 12.1 Å². The lowest BCUT2D eigenvalue weighted by atomic mass is 10.1. The third kappa shape index (κ3) is 4.51. The van der Waals surface area contributed by atoms with Gasteiger partial charge in [0, 0.05) is 15.2 Å². The van der Waals surface area contributed by atoms with Crippen molar-refractivity contribution in [3.05, 3.63) is 67.3 Å². The highest BCUT2D eigenvalue weighted by Gasteiger charge is 2.16. The number of esters is 1. The lowest BCUT2D eigenvalue weighted by Gasteiger charge is -2.08. The summed E-state index contributed by atoms with van der Waals surface area (Å²) in [6.07, 6.45) is 0. The second-order valence-electron chi connectivity index (χ2n) is 4.86. The third-order valence-electron chi connectivity index (χ3n) is 3.11. The second-order valence-corrected chi connectivity index (χ2v) is 6.02. The van der Waals surface area contributed by atoms with E-state index in [0.717, 1.165) is 3.57 Å². The number of nitro groups is 1. The normalized spacial score (nSPS) is 10.1. The number of amides is 1. The Labute approximate surface area is 151 Å². The number of hydrogen-bond donors (Lipinski definition) is 1. The summed E-state index contributed by atoms with van der Waals surface area (Å²) in [6, 6.07) is 11.1. The van der Waals surface area contributed by atoms with Crippen LogP contribution in [0.25, 0.3) is 0 Å². The van der Waals surface area contributed by atoms with Crippen LogP contribution in [0.5, 0.6) is 0 Å². The molecule has 0 heterocycles. The van der Waals surface area contributed by atoms with Crippen molar-refractivity contribution in [2.45, 2.75) is 6.92 Å². The first-order valence-electron chi connectivity index (χ1n) is 6.85. The molecule has 2 aromatic rings. The molecule has 1 N–H and O–H groups in total. The number of ether oxygens (including phenoxy) is 1. The molecule has 0 spiro atoms. The fourth-order valence-corrected chi connectivity index (χ4v) is 2.47. The average molecular weight is 440 g/mol. The van der Waals surface area contributed by atoms with E-state index in [1.54, 1.807) is 12.1 Å². The summed E-state index contributed by atoms with van der Waals surface area (Å²) >= 11 is 2.08. The van der Waals surface area contributed by atoms with Gasteiger partial charge in [0.05, 0.1) is 16.2 Å². The molecule has 0 bridgehead atoms. The number of aryl methyl sites for hydroxylation is 1. The number of rotatable bonds is 5. The molecule has 0 aromatic heterocycles. The number of nitro benzene ring substituents is 1. The topological polar surface area (TPSA) is 98.5 Å². The van der Waals surface area contributed by atoms with Crippen LogP contribution in [0.4, 0.5) is 11.4 Å². The Hall–Kier alpha value is -2.49. The Morgan fingerprint density at radius 3 is 2.58 bits per heavy atom. The molecule has 0 unspecified atom stereocenters. The van der Waals surface area contributed by atoms with Crippen LogP contribution in [0, 0.1) is 20.6 Å². The van der Waals surface area contributed by atoms with Crippen LogP contribution in [0.1, 0.15) is 15.9 Å². The molecule has 0 saturated heterocycles. The molecule has 0 aliphatic heterocycles. The number of hydrogen-bond acceptors (Lipinski definition) is 5. The molecule has 2 aromatic carbocycles. The molecule has 0 aliphatic rings. The largest absolute Gasteiger partial charge is 0.452 e. The Kier molecular flexibility index (Phi) is 5.85. The first kappa shape index (κ1) is 17.9. The molecule has 24 heavy (non-hydrogen) atoms. The molecule has 124 valence electrons. The zero-order valence-corrected chi connectivity index (χ0v) is 14.8. The van der Waals surface area contributed by atoms with Crippen LogP contribution >= 0.6 is 22.6 Å². The lowest BCUT2D eigenvalue weighted by molar-refractivity contribution is -0.385. The Balaban J connectivity index is 1.95. The highest BCUT2D eigenvalue weighted by molar-refractivity contribution is 14.1. The summed E-state index contributed by atoms with van der Waals surface area (Å²) in [5.74, 6) is -1.18. The molecular weight excluding hydrogens is 427 g/mol. The van der Waals surface area contributed by atoms with Crippen molar-refractivity contribution in [1.82, 2.24) is 0 Å². The molecule has 0 radical (unpaired) electrons. The van der Waals surface area contributed by atoms with Crippen molar-refractivity contribution in [2.75, 3.05) is 11.9 Å². The standard InChI is InChI=1S/C16H13IN2O5/c1-10-8-11(6-7-14(10)19(22)23)16(21)24-9-15(20)18-13-5-3-2-4-12(13)17/h2-8H,9H2,1H3,(H,18,20). The fourth-order valence-electron chi connectivity index (χ4n) is 1.95. The molecule has 0 fully saturated rings. The second kappa shape index (κ2) is 7.86.